The predicted octanol–water partition coefficient (Wildman–Crippen LogP) is 0.327. The molecule has 30 heavy (non-hydrogen) atoms. The van der Waals surface area contributed by atoms with E-state index in [0.717, 1.165) is 55.8 Å². The van der Waals surface area contributed by atoms with Crippen molar-refractivity contribution in [3.05, 3.63) is 23.8 Å². The molecule has 8 heteroatoms. The Labute approximate surface area is 177 Å². The number of morpholine rings is 1. The van der Waals surface area contributed by atoms with Gasteiger partial charge in [0, 0.05) is 11.6 Å². The van der Waals surface area contributed by atoms with Crippen LogP contribution in [0.3, 0.4) is 0 Å². The van der Waals surface area contributed by atoms with Crippen LogP contribution in [0.15, 0.2) is 18.2 Å². The second kappa shape index (κ2) is 10.1. The maximum atomic E-state index is 12.5. The van der Waals surface area contributed by atoms with Gasteiger partial charge in [0.25, 0.3) is 0 Å². The minimum absolute atomic E-state index is 0.0121. The van der Waals surface area contributed by atoms with Crippen LogP contribution in [0.1, 0.15) is 50.1 Å². The Kier molecular flexibility index (Phi) is 7.07. The molecule has 2 aliphatic heterocycles. The maximum absolute atomic E-state index is 12.5. The van der Waals surface area contributed by atoms with Gasteiger partial charge in [0.05, 0.1) is 19.8 Å². The number of ether oxygens (including phenoxy) is 3. The SMILES string of the molecule is O=C(NC[C@H](c1ccc2c(c1)OCO2)[NH+]1CCOCC1)C(=O)NC1CCCCCC1. The zero-order valence-corrected chi connectivity index (χ0v) is 17.4. The van der Waals surface area contributed by atoms with Crippen LogP contribution in [0.4, 0.5) is 0 Å². The number of quaternary nitrogens is 1. The number of carbonyl (C=O) groups is 2. The van der Waals surface area contributed by atoms with E-state index < -0.39 is 11.8 Å². The molecular weight excluding hydrogens is 386 g/mol. The van der Waals surface area contributed by atoms with Gasteiger partial charge in [0.15, 0.2) is 11.5 Å². The van der Waals surface area contributed by atoms with Crippen molar-refractivity contribution in [3.8, 4) is 11.5 Å². The zero-order chi connectivity index (χ0) is 20.8. The highest BCUT2D eigenvalue weighted by Crippen LogP contribution is 2.33. The highest BCUT2D eigenvalue weighted by molar-refractivity contribution is 6.35. The van der Waals surface area contributed by atoms with E-state index >= 15 is 0 Å². The number of carbonyl (C=O) groups excluding carboxylic acids is 2. The maximum Gasteiger partial charge on any atom is 0.309 e. The van der Waals surface area contributed by atoms with Crippen molar-refractivity contribution < 1.29 is 28.7 Å². The molecule has 0 bridgehead atoms. The molecule has 164 valence electrons. The van der Waals surface area contributed by atoms with Gasteiger partial charge in [-0.25, -0.2) is 0 Å². The monoisotopic (exact) mass is 418 g/mol. The fourth-order valence-corrected chi connectivity index (χ4v) is 4.56. The highest BCUT2D eigenvalue weighted by Gasteiger charge is 2.29. The Morgan fingerprint density at radius 3 is 2.50 bits per heavy atom. The molecule has 3 N–H and O–H groups in total. The summed E-state index contributed by atoms with van der Waals surface area (Å²) < 4.78 is 16.4. The standard InChI is InChI=1S/C22H31N3O5/c26-21(22(27)24-17-5-3-1-2-4-6-17)23-14-18(25-9-11-28-12-10-25)16-7-8-19-20(13-16)30-15-29-19/h7-8,13,17-18H,1-6,9-12,14-15H2,(H,23,26)(H,24,27)/p+1/t18-/m1/s1. The van der Waals surface area contributed by atoms with Gasteiger partial charge in [-0.1, -0.05) is 25.7 Å². The molecule has 2 amide bonds. The fraction of sp³-hybridized carbons (Fsp3) is 0.636. The van der Waals surface area contributed by atoms with Gasteiger partial charge >= 0.3 is 11.8 Å². The summed E-state index contributed by atoms with van der Waals surface area (Å²) in [5.41, 5.74) is 1.06. The smallest absolute Gasteiger partial charge is 0.309 e. The molecule has 1 saturated heterocycles. The Morgan fingerprint density at radius 2 is 1.73 bits per heavy atom. The summed E-state index contributed by atoms with van der Waals surface area (Å²) in [5.74, 6) is 0.379. The van der Waals surface area contributed by atoms with Crippen molar-refractivity contribution in [3.63, 3.8) is 0 Å². The van der Waals surface area contributed by atoms with E-state index in [4.69, 9.17) is 14.2 Å². The van der Waals surface area contributed by atoms with Crippen molar-refractivity contribution in [1.29, 1.82) is 0 Å². The van der Waals surface area contributed by atoms with Crippen LogP contribution in [0, 0.1) is 0 Å². The summed E-state index contributed by atoms with van der Waals surface area (Å²) in [6.45, 7) is 3.68. The second-order valence-electron chi connectivity index (χ2n) is 8.31. The van der Waals surface area contributed by atoms with E-state index in [1.54, 1.807) is 0 Å². The molecule has 1 atom stereocenters. The first kappa shape index (κ1) is 20.9. The van der Waals surface area contributed by atoms with Crippen LogP contribution in [-0.4, -0.2) is 57.5 Å². The molecule has 1 saturated carbocycles. The minimum atomic E-state index is -0.558. The molecule has 1 aliphatic carbocycles. The molecular formula is C22H32N3O5+. The number of amides is 2. The molecule has 2 fully saturated rings. The zero-order valence-electron chi connectivity index (χ0n) is 17.4. The molecule has 4 rings (SSSR count). The lowest BCUT2D eigenvalue weighted by Gasteiger charge is -2.32. The fourth-order valence-electron chi connectivity index (χ4n) is 4.56. The lowest BCUT2D eigenvalue weighted by molar-refractivity contribution is -0.937. The Balaban J connectivity index is 1.38. The number of rotatable bonds is 5. The molecule has 1 aromatic carbocycles. The van der Waals surface area contributed by atoms with Gasteiger partial charge < -0.3 is 29.7 Å². The summed E-state index contributed by atoms with van der Waals surface area (Å²) in [5, 5.41) is 5.79. The van der Waals surface area contributed by atoms with Crippen LogP contribution in [0.5, 0.6) is 11.5 Å². The van der Waals surface area contributed by atoms with E-state index in [-0.39, 0.29) is 18.9 Å². The number of benzene rings is 1. The molecule has 0 unspecified atom stereocenters. The van der Waals surface area contributed by atoms with Crippen molar-refractivity contribution in [2.75, 3.05) is 39.6 Å². The van der Waals surface area contributed by atoms with Crippen molar-refractivity contribution in [2.45, 2.75) is 50.6 Å². The Bertz CT molecular complexity index is 742. The summed E-state index contributed by atoms with van der Waals surface area (Å²) in [6, 6.07) is 6.02. The summed E-state index contributed by atoms with van der Waals surface area (Å²) in [6.07, 6.45) is 6.54. The van der Waals surface area contributed by atoms with E-state index in [1.807, 2.05) is 18.2 Å². The summed E-state index contributed by atoms with van der Waals surface area (Å²) in [7, 11) is 0. The van der Waals surface area contributed by atoms with Crippen molar-refractivity contribution in [2.24, 2.45) is 0 Å². The summed E-state index contributed by atoms with van der Waals surface area (Å²) >= 11 is 0. The third-order valence-electron chi connectivity index (χ3n) is 6.29. The normalized spacial score (nSPS) is 20.9. The number of hydrogen-bond acceptors (Lipinski definition) is 5. The molecule has 2 heterocycles. The average molecular weight is 419 g/mol. The lowest BCUT2D eigenvalue weighted by atomic mass is 10.0. The third-order valence-corrected chi connectivity index (χ3v) is 6.29. The van der Waals surface area contributed by atoms with E-state index in [9.17, 15) is 9.59 Å². The number of fused-ring (bicyclic) bond motifs is 1. The topological polar surface area (TPSA) is 90.3 Å². The first-order valence-corrected chi connectivity index (χ1v) is 11.1. The number of nitrogens with one attached hydrogen (secondary N) is 3. The van der Waals surface area contributed by atoms with Gasteiger partial charge in [-0.3, -0.25) is 9.59 Å². The van der Waals surface area contributed by atoms with E-state index in [0.29, 0.717) is 19.8 Å². The van der Waals surface area contributed by atoms with Crippen LogP contribution in [0.25, 0.3) is 0 Å². The molecule has 0 radical (unpaired) electrons. The molecule has 3 aliphatic rings. The van der Waals surface area contributed by atoms with Crippen molar-refractivity contribution in [1.82, 2.24) is 10.6 Å². The van der Waals surface area contributed by atoms with Gasteiger partial charge in [-0.05, 0) is 31.0 Å². The highest BCUT2D eigenvalue weighted by atomic mass is 16.7. The first-order chi connectivity index (χ1) is 14.7. The molecule has 1 aromatic rings. The number of hydrogen-bond donors (Lipinski definition) is 3. The van der Waals surface area contributed by atoms with Crippen molar-refractivity contribution >= 4 is 11.8 Å². The van der Waals surface area contributed by atoms with E-state index in [1.165, 1.54) is 17.7 Å². The van der Waals surface area contributed by atoms with Crippen LogP contribution < -0.4 is 25.0 Å². The van der Waals surface area contributed by atoms with Gasteiger partial charge in [0.2, 0.25) is 6.79 Å². The predicted molar refractivity (Wildman–Crippen MR) is 109 cm³/mol. The second-order valence-corrected chi connectivity index (χ2v) is 8.31. The summed E-state index contributed by atoms with van der Waals surface area (Å²) in [4.78, 5) is 26.2. The first-order valence-electron chi connectivity index (χ1n) is 11.1. The van der Waals surface area contributed by atoms with Gasteiger partial charge in [0.1, 0.15) is 19.1 Å². The van der Waals surface area contributed by atoms with E-state index in [2.05, 4.69) is 10.6 Å². The van der Waals surface area contributed by atoms with Crippen LogP contribution in [0.2, 0.25) is 0 Å². The molecule has 8 nitrogen and oxygen atoms in total. The quantitative estimate of drug-likeness (QED) is 0.474. The largest absolute Gasteiger partial charge is 0.454 e. The van der Waals surface area contributed by atoms with Gasteiger partial charge in [-0.15, -0.1) is 0 Å². The average Bonchev–Trinajstić information content (AvgIpc) is 3.09. The Morgan fingerprint density at radius 1 is 1.00 bits per heavy atom. The molecule has 0 aromatic heterocycles. The molecule has 0 spiro atoms. The third kappa shape index (κ3) is 5.23. The Hall–Kier alpha value is -2.32. The lowest BCUT2D eigenvalue weighted by Crippen LogP contribution is -3.15. The minimum Gasteiger partial charge on any atom is -0.454 e. The van der Waals surface area contributed by atoms with Crippen LogP contribution >= 0.6 is 0 Å². The van der Waals surface area contributed by atoms with Gasteiger partial charge in [-0.2, -0.15) is 0 Å². The van der Waals surface area contributed by atoms with Crippen LogP contribution in [-0.2, 0) is 14.3 Å².